The largest absolute Gasteiger partial charge is 0.467 e. The van der Waals surface area contributed by atoms with Crippen molar-refractivity contribution in [3.63, 3.8) is 0 Å². The molecule has 0 radical (unpaired) electrons. The molecule has 1 aliphatic rings. The van der Waals surface area contributed by atoms with Crippen LogP contribution in [0.1, 0.15) is 64.7 Å². The van der Waals surface area contributed by atoms with Crippen LogP contribution >= 0.6 is 12.4 Å². The number of ether oxygens (including phenoxy) is 1. The number of nitrogens with one attached hydrogen (secondary N) is 1. The SMILES string of the molecule is COC(=O)C1(NC(=O)CCCCCCN)CCC(C)CC1.Cl. The number of unbranched alkanes of at least 4 members (excludes halogenated alkanes) is 3. The van der Waals surface area contributed by atoms with Crippen molar-refractivity contribution in [1.29, 1.82) is 0 Å². The van der Waals surface area contributed by atoms with Crippen molar-refractivity contribution in [2.75, 3.05) is 13.7 Å². The Morgan fingerprint density at radius 2 is 1.77 bits per heavy atom. The lowest BCUT2D eigenvalue weighted by Gasteiger charge is -2.37. The van der Waals surface area contributed by atoms with Crippen LogP contribution in [0.2, 0.25) is 0 Å². The van der Waals surface area contributed by atoms with E-state index in [0.717, 1.165) is 38.5 Å². The fourth-order valence-electron chi connectivity index (χ4n) is 2.94. The second-order valence-corrected chi connectivity index (χ2v) is 6.26. The molecule has 0 aromatic rings. The molecule has 0 saturated heterocycles. The first kappa shape index (κ1) is 21.2. The van der Waals surface area contributed by atoms with Gasteiger partial charge in [-0.15, -0.1) is 12.4 Å². The molecule has 6 heteroatoms. The predicted molar refractivity (Wildman–Crippen MR) is 89.9 cm³/mol. The van der Waals surface area contributed by atoms with Crippen molar-refractivity contribution in [2.45, 2.75) is 70.3 Å². The fraction of sp³-hybridized carbons (Fsp3) is 0.875. The Hall–Kier alpha value is -0.810. The van der Waals surface area contributed by atoms with E-state index in [1.807, 2.05) is 0 Å². The summed E-state index contributed by atoms with van der Waals surface area (Å²) in [7, 11) is 1.39. The number of carbonyl (C=O) groups excluding carboxylic acids is 2. The first-order valence-corrected chi connectivity index (χ1v) is 8.13. The molecule has 0 aliphatic heterocycles. The van der Waals surface area contributed by atoms with Crippen molar-refractivity contribution in [2.24, 2.45) is 11.7 Å². The van der Waals surface area contributed by atoms with Gasteiger partial charge >= 0.3 is 5.97 Å². The minimum Gasteiger partial charge on any atom is -0.467 e. The monoisotopic (exact) mass is 334 g/mol. The number of nitrogens with two attached hydrogens (primary N) is 1. The smallest absolute Gasteiger partial charge is 0.331 e. The highest BCUT2D eigenvalue weighted by Crippen LogP contribution is 2.33. The quantitative estimate of drug-likeness (QED) is 0.528. The summed E-state index contributed by atoms with van der Waals surface area (Å²) < 4.78 is 4.92. The van der Waals surface area contributed by atoms with Crippen LogP contribution in [0, 0.1) is 5.92 Å². The van der Waals surface area contributed by atoms with Gasteiger partial charge in [0.1, 0.15) is 5.54 Å². The van der Waals surface area contributed by atoms with Crippen molar-refractivity contribution < 1.29 is 14.3 Å². The van der Waals surface area contributed by atoms with Gasteiger partial charge in [0.15, 0.2) is 0 Å². The first-order chi connectivity index (χ1) is 10.0. The lowest BCUT2D eigenvalue weighted by molar-refractivity contribution is -0.153. The second kappa shape index (κ2) is 10.8. The van der Waals surface area contributed by atoms with Crippen molar-refractivity contribution >= 4 is 24.3 Å². The van der Waals surface area contributed by atoms with Gasteiger partial charge in [0, 0.05) is 6.42 Å². The number of hydrogen-bond acceptors (Lipinski definition) is 4. The molecule has 130 valence electrons. The van der Waals surface area contributed by atoms with Crippen LogP contribution in [0.3, 0.4) is 0 Å². The van der Waals surface area contributed by atoms with Crippen LogP contribution in [-0.4, -0.2) is 31.1 Å². The number of rotatable bonds is 8. The number of hydrogen-bond donors (Lipinski definition) is 2. The predicted octanol–water partition coefficient (Wildman–Crippen LogP) is 2.56. The highest BCUT2D eigenvalue weighted by molar-refractivity contribution is 5.88. The molecule has 0 bridgehead atoms. The molecule has 0 spiro atoms. The summed E-state index contributed by atoms with van der Waals surface area (Å²) in [6.07, 6.45) is 7.65. The zero-order valence-corrected chi connectivity index (χ0v) is 14.7. The lowest BCUT2D eigenvalue weighted by Crippen LogP contribution is -2.56. The maximum absolute atomic E-state index is 12.1. The Morgan fingerprint density at radius 1 is 1.18 bits per heavy atom. The van der Waals surface area contributed by atoms with E-state index in [9.17, 15) is 9.59 Å². The Balaban J connectivity index is 0.00000441. The van der Waals surface area contributed by atoms with Crippen LogP contribution < -0.4 is 11.1 Å². The molecule has 0 atom stereocenters. The van der Waals surface area contributed by atoms with Gasteiger partial charge in [-0.05, 0) is 51.0 Å². The highest BCUT2D eigenvalue weighted by Gasteiger charge is 2.43. The van der Waals surface area contributed by atoms with E-state index >= 15 is 0 Å². The van der Waals surface area contributed by atoms with Gasteiger partial charge in [0.25, 0.3) is 0 Å². The summed E-state index contributed by atoms with van der Waals surface area (Å²) in [5.74, 6) is 0.268. The fourth-order valence-corrected chi connectivity index (χ4v) is 2.94. The van der Waals surface area contributed by atoms with Crippen LogP contribution in [0.4, 0.5) is 0 Å². The third kappa shape index (κ3) is 6.53. The molecule has 1 aliphatic carbocycles. The lowest BCUT2D eigenvalue weighted by atomic mass is 9.77. The summed E-state index contributed by atoms with van der Waals surface area (Å²) in [6.45, 7) is 2.89. The van der Waals surface area contributed by atoms with Gasteiger partial charge in [-0.3, -0.25) is 4.79 Å². The van der Waals surface area contributed by atoms with E-state index in [-0.39, 0.29) is 24.3 Å². The molecule has 0 unspecified atom stereocenters. The third-order valence-corrected chi connectivity index (χ3v) is 4.44. The minimum atomic E-state index is -0.796. The van der Waals surface area contributed by atoms with Gasteiger partial charge in [-0.25, -0.2) is 4.79 Å². The van der Waals surface area contributed by atoms with Gasteiger partial charge in [-0.2, -0.15) is 0 Å². The van der Waals surface area contributed by atoms with E-state index in [2.05, 4.69) is 12.2 Å². The second-order valence-electron chi connectivity index (χ2n) is 6.26. The van der Waals surface area contributed by atoms with E-state index in [1.165, 1.54) is 7.11 Å². The average molecular weight is 335 g/mol. The molecule has 1 rings (SSSR count). The molecule has 22 heavy (non-hydrogen) atoms. The summed E-state index contributed by atoms with van der Waals surface area (Å²) >= 11 is 0. The summed E-state index contributed by atoms with van der Waals surface area (Å²) in [4.78, 5) is 24.2. The minimum absolute atomic E-state index is 0. The molecule has 0 aromatic carbocycles. The van der Waals surface area contributed by atoms with Crippen molar-refractivity contribution in [3.8, 4) is 0 Å². The highest BCUT2D eigenvalue weighted by atomic mass is 35.5. The zero-order valence-electron chi connectivity index (χ0n) is 13.9. The molecule has 5 nitrogen and oxygen atoms in total. The molecule has 0 aromatic heterocycles. The number of amides is 1. The number of carbonyl (C=O) groups is 2. The van der Waals surface area contributed by atoms with Crippen LogP contribution in [0.15, 0.2) is 0 Å². The van der Waals surface area contributed by atoms with Crippen LogP contribution in [-0.2, 0) is 14.3 Å². The molecular weight excluding hydrogens is 304 g/mol. The van der Waals surface area contributed by atoms with Gasteiger partial charge in [0.2, 0.25) is 5.91 Å². The maximum atomic E-state index is 12.1. The van der Waals surface area contributed by atoms with E-state index in [0.29, 0.717) is 31.7 Å². The Bertz CT molecular complexity index is 342. The molecule has 0 heterocycles. The van der Waals surface area contributed by atoms with E-state index < -0.39 is 5.54 Å². The number of methoxy groups -OCH3 is 1. The molecule has 1 amide bonds. The molecular formula is C16H31ClN2O3. The zero-order chi connectivity index (χ0) is 15.7. The molecule has 1 saturated carbocycles. The average Bonchev–Trinajstić information content (AvgIpc) is 2.48. The van der Waals surface area contributed by atoms with Gasteiger partial charge in [-0.1, -0.05) is 19.8 Å². The standard InChI is InChI=1S/C16H30N2O3.ClH/c1-13-8-10-16(11-9-13,15(20)21-2)18-14(19)7-5-3-4-6-12-17;/h13H,3-12,17H2,1-2H3,(H,18,19);1H. The summed E-state index contributed by atoms with van der Waals surface area (Å²) in [5, 5.41) is 2.96. The Labute approximate surface area is 140 Å². The number of esters is 1. The van der Waals surface area contributed by atoms with Crippen molar-refractivity contribution in [1.82, 2.24) is 5.32 Å². The topological polar surface area (TPSA) is 81.4 Å². The van der Waals surface area contributed by atoms with Gasteiger partial charge < -0.3 is 15.8 Å². The maximum Gasteiger partial charge on any atom is 0.331 e. The number of halogens is 1. The Morgan fingerprint density at radius 3 is 2.32 bits per heavy atom. The van der Waals surface area contributed by atoms with E-state index in [4.69, 9.17) is 10.5 Å². The van der Waals surface area contributed by atoms with Crippen LogP contribution in [0.5, 0.6) is 0 Å². The third-order valence-electron chi connectivity index (χ3n) is 4.44. The summed E-state index contributed by atoms with van der Waals surface area (Å²) in [6, 6.07) is 0. The normalized spacial score (nSPS) is 24.2. The van der Waals surface area contributed by atoms with E-state index in [1.54, 1.807) is 0 Å². The molecule has 1 fully saturated rings. The summed E-state index contributed by atoms with van der Waals surface area (Å²) in [5.41, 5.74) is 4.64. The van der Waals surface area contributed by atoms with Crippen molar-refractivity contribution in [3.05, 3.63) is 0 Å². The first-order valence-electron chi connectivity index (χ1n) is 8.13. The van der Waals surface area contributed by atoms with Crippen LogP contribution in [0.25, 0.3) is 0 Å². The Kier molecular flexibility index (Phi) is 10.4. The van der Waals surface area contributed by atoms with Gasteiger partial charge in [0.05, 0.1) is 7.11 Å². The molecule has 3 N–H and O–H groups in total.